The van der Waals surface area contributed by atoms with E-state index in [-0.39, 0.29) is 5.75 Å². The first kappa shape index (κ1) is 13.6. The van der Waals surface area contributed by atoms with E-state index in [0.717, 1.165) is 12.0 Å². The molecule has 0 fully saturated rings. The Morgan fingerprint density at radius 3 is 2.76 bits per heavy atom. The van der Waals surface area contributed by atoms with Crippen LogP contribution in [-0.2, 0) is 0 Å². The van der Waals surface area contributed by atoms with E-state index >= 15 is 0 Å². The molecule has 0 aromatic heterocycles. The second-order valence-electron chi connectivity index (χ2n) is 3.77. The largest absolute Gasteiger partial charge is 0.435 e. The van der Waals surface area contributed by atoms with E-state index in [0.29, 0.717) is 12.0 Å². The number of hydrogen-bond acceptors (Lipinski definition) is 2. The lowest BCUT2D eigenvalue weighted by atomic mass is 10.0. The summed E-state index contributed by atoms with van der Waals surface area (Å²) in [4.78, 5) is 0. The molecule has 0 amide bonds. The minimum atomic E-state index is -2.85. The first-order valence-electron chi connectivity index (χ1n) is 5.42. The lowest BCUT2D eigenvalue weighted by Gasteiger charge is -2.13. The summed E-state index contributed by atoms with van der Waals surface area (Å²) in [6, 6.07) is 6.09. The fourth-order valence-corrected chi connectivity index (χ4v) is 1.43. The van der Waals surface area contributed by atoms with Gasteiger partial charge in [0.1, 0.15) is 5.75 Å². The highest BCUT2D eigenvalue weighted by Crippen LogP contribution is 2.25. The lowest BCUT2D eigenvalue weighted by Crippen LogP contribution is -2.04. The fraction of sp³-hybridized carbons (Fsp3) is 0.385. The molecule has 0 aliphatic heterocycles. The van der Waals surface area contributed by atoms with Crippen LogP contribution in [0.2, 0.25) is 0 Å². The van der Waals surface area contributed by atoms with Gasteiger partial charge in [-0.1, -0.05) is 31.2 Å². The molecule has 0 saturated heterocycles. The van der Waals surface area contributed by atoms with Gasteiger partial charge in [0.15, 0.2) is 0 Å². The zero-order chi connectivity index (χ0) is 12.8. The molecule has 94 valence electrons. The van der Waals surface area contributed by atoms with E-state index in [2.05, 4.69) is 11.3 Å². The molecule has 0 aliphatic carbocycles. The summed E-state index contributed by atoms with van der Waals surface area (Å²) in [5, 5.41) is 9.88. The van der Waals surface area contributed by atoms with Gasteiger partial charge in [0, 0.05) is 0 Å². The van der Waals surface area contributed by atoms with Crippen LogP contribution in [-0.4, -0.2) is 11.7 Å². The van der Waals surface area contributed by atoms with Crippen LogP contribution < -0.4 is 4.74 Å². The zero-order valence-electron chi connectivity index (χ0n) is 9.70. The molecule has 1 N–H and O–H groups in total. The van der Waals surface area contributed by atoms with E-state index in [4.69, 9.17) is 0 Å². The van der Waals surface area contributed by atoms with Crippen molar-refractivity contribution in [1.82, 2.24) is 0 Å². The third kappa shape index (κ3) is 4.53. The number of hydrogen-bond donors (Lipinski definition) is 1. The van der Waals surface area contributed by atoms with Crippen LogP contribution in [0.4, 0.5) is 8.78 Å². The third-order valence-electron chi connectivity index (χ3n) is 2.45. The van der Waals surface area contributed by atoms with Gasteiger partial charge in [-0.25, -0.2) is 0 Å². The molecule has 4 heteroatoms. The van der Waals surface area contributed by atoms with Crippen molar-refractivity contribution >= 4 is 0 Å². The van der Waals surface area contributed by atoms with Crippen molar-refractivity contribution < 1.29 is 18.6 Å². The molecule has 0 radical (unpaired) electrons. The van der Waals surface area contributed by atoms with Gasteiger partial charge < -0.3 is 9.84 Å². The normalized spacial score (nSPS) is 12.5. The van der Waals surface area contributed by atoms with Gasteiger partial charge >= 0.3 is 6.61 Å². The molecular formula is C13H16F2O2. The maximum atomic E-state index is 12.0. The average molecular weight is 242 g/mol. The second-order valence-corrected chi connectivity index (χ2v) is 3.77. The molecule has 1 aromatic rings. The van der Waals surface area contributed by atoms with Crippen molar-refractivity contribution in [3.05, 3.63) is 42.0 Å². The molecule has 0 heterocycles. The maximum Gasteiger partial charge on any atom is 0.387 e. The van der Waals surface area contributed by atoms with Gasteiger partial charge in [0.25, 0.3) is 0 Å². The second kappa shape index (κ2) is 6.35. The Kier molecular flexibility index (Phi) is 5.10. The van der Waals surface area contributed by atoms with Crippen LogP contribution in [0, 0.1) is 0 Å². The van der Waals surface area contributed by atoms with E-state index in [1.807, 2.05) is 6.92 Å². The summed E-state index contributed by atoms with van der Waals surface area (Å²) in [5.74, 6) is 0.0543. The molecule has 1 atom stereocenters. The Balaban J connectivity index is 2.73. The van der Waals surface area contributed by atoms with Crippen molar-refractivity contribution in [2.75, 3.05) is 0 Å². The van der Waals surface area contributed by atoms with Crippen molar-refractivity contribution in [3.8, 4) is 5.75 Å². The Labute approximate surface area is 99.5 Å². The van der Waals surface area contributed by atoms with Gasteiger partial charge in [-0.15, -0.1) is 0 Å². The number of benzene rings is 1. The third-order valence-corrected chi connectivity index (χ3v) is 2.45. The monoisotopic (exact) mass is 242 g/mol. The molecule has 1 unspecified atom stereocenters. The van der Waals surface area contributed by atoms with E-state index in [9.17, 15) is 13.9 Å². The Morgan fingerprint density at radius 1 is 1.47 bits per heavy atom. The van der Waals surface area contributed by atoms with E-state index in [1.165, 1.54) is 12.1 Å². The Bertz CT molecular complexity index is 377. The van der Waals surface area contributed by atoms with Gasteiger partial charge in [0.05, 0.1) is 6.10 Å². The highest BCUT2D eigenvalue weighted by molar-refractivity contribution is 5.30. The quantitative estimate of drug-likeness (QED) is 0.771. The van der Waals surface area contributed by atoms with Crippen molar-refractivity contribution in [2.45, 2.75) is 32.5 Å². The van der Waals surface area contributed by atoms with Gasteiger partial charge in [-0.3, -0.25) is 0 Å². The average Bonchev–Trinajstić information content (AvgIpc) is 2.28. The Hall–Kier alpha value is -1.42. The molecule has 0 aliphatic rings. The summed E-state index contributed by atoms with van der Waals surface area (Å²) in [7, 11) is 0. The predicted molar refractivity (Wildman–Crippen MR) is 62.1 cm³/mol. The van der Waals surface area contributed by atoms with E-state index < -0.39 is 12.7 Å². The smallest absolute Gasteiger partial charge is 0.387 e. The first-order chi connectivity index (χ1) is 8.02. The van der Waals surface area contributed by atoms with Gasteiger partial charge in [-0.05, 0) is 30.5 Å². The van der Waals surface area contributed by atoms with Crippen LogP contribution in [0.15, 0.2) is 36.4 Å². The molecule has 0 saturated carbocycles. The first-order valence-corrected chi connectivity index (χ1v) is 5.42. The number of aliphatic hydroxyl groups is 1. The van der Waals surface area contributed by atoms with Gasteiger partial charge in [-0.2, -0.15) is 8.78 Å². The molecule has 17 heavy (non-hydrogen) atoms. The lowest BCUT2D eigenvalue weighted by molar-refractivity contribution is -0.0499. The standard InChI is InChI=1S/C13H16F2O2/c1-3-9(2)7-12(16)10-5-4-6-11(8-10)17-13(14)15/h4-6,8,12-13,16H,2-3,7H2,1H3. The molecule has 2 nitrogen and oxygen atoms in total. The number of alkyl halides is 2. The van der Waals surface area contributed by atoms with Crippen LogP contribution in [0.3, 0.4) is 0 Å². The summed E-state index contributed by atoms with van der Waals surface area (Å²) >= 11 is 0. The zero-order valence-corrected chi connectivity index (χ0v) is 9.70. The molecule has 1 rings (SSSR count). The summed E-state index contributed by atoms with van der Waals surface area (Å²) in [5.41, 5.74) is 1.47. The summed E-state index contributed by atoms with van der Waals surface area (Å²) in [6.45, 7) is 2.89. The molecule has 0 spiro atoms. The fourth-order valence-electron chi connectivity index (χ4n) is 1.43. The van der Waals surface area contributed by atoms with Crippen LogP contribution in [0.1, 0.15) is 31.4 Å². The highest BCUT2D eigenvalue weighted by Gasteiger charge is 2.11. The van der Waals surface area contributed by atoms with Crippen LogP contribution in [0.5, 0.6) is 5.75 Å². The van der Waals surface area contributed by atoms with E-state index in [1.54, 1.807) is 12.1 Å². The minimum absolute atomic E-state index is 0.0543. The maximum absolute atomic E-state index is 12.0. The van der Waals surface area contributed by atoms with Crippen molar-refractivity contribution in [1.29, 1.82) is 0 Å². The van der Waals surface area contributed by atoms with Crippen LogP contribution >= 0.6 is 0 Å². The molecule has 0 bridgehead atoms. The van der Waals surface area contributed by atoms with Crippen LogP contribution in [0.25, 0.3) is 0 Å². The van der Waals surface area contributed by atoms with Crippen molar-refractivity contribution in [3.63, 3.8) is 0 Å². The summed E-state index contributed by atoms with van der Waals surface area (Å²) < 4.78 is 28.3. The molecular weight excluding hydrogens is 226 g/mol. The Morgan fingerprint density at radius 2 is 2.18 bits per heavy atom. The number of aliphatic hydroxyl groups excluding tert-OH is 1. The molecule has 1 aromatic carbocycles. The number of rotatable bonds is 6. The SMILES string of the molecule is C=C(CC)CC(O)c1cccc(OC(F)F)c1. The highest BCUT2D eigenvalue weighted by atomic mass is 19.3. The van der Waals surface area contributed by atoms with Crippen molar-refractivity contribution in [2.24, 2.45) is 0 Å². The van der Waals surface area contributed by atoms with Gasteiger partial charge in [0.2, 0.25) is 0 Å². The number of ether oxygens (including phenoxy) is 1. The number of halogens is 2. The summed E-state index contributed by atoms with van der Waals surface area (Å²) in [6.07, 6.45) is 0.475. The minimum Gasteiger partial charge on any atom is -0.435 e. The predicted octanol–water partition coefficient (Wildman–Crippen LogP) is 3.68. The topological polar surface area (TPSA) is 29.5 Å².